The van der Waals surface area contributed by atoms with Crippen molar-refractivity contribution < 1.29 is 9.59 Å². The SMILES string of the molecule is CC(C)c1nc2c(n1C)CCN(CCN1C(=O)CNC1=O)C2. The quantitative estimate of drug-likeness (QED) is 0.820. The fourth-order valence-corrected chi connectivity index (χ4v) is 3.23. The standard InChI is InChI=1S/C15H23N5O2/c1-10(2)14-17-11-9-19(5-4-12(11)18(14)3)6-7-20-13(21)8-16-15(20)22/h10H,4-9H2,1-3H3,(H,16,22). The minimum atomic E-state index is -0.275. The molecule has 0 aromatic carbocycles. The van der Waals surface area contributed by atoms with Crippen LogP contribution in [-0.4, -0.2) is 57.5 Å². The molecule has 1 aromatic heterocycles. The predicted molar refractivity (Wildman–Crippen MR) is 81.4 cm³/mol. The smallest absolute Gasteiger partial charge is 0.324 e. The lowest BCUT2D eigenvalue weighted by Crippen LogP contribution is -2.40. The molecule has 3 heterocycles. The normalized spacial score (nSPS) is 19.0. The van der Waals surface area contributed by atoms with Crippen LogP contribution < -0.4 is 5.32 Å². The topological polar surface area (TPSA) is 70.5 Å². The maximum atomic E-state index is 11.6. The first-order valence-electron chi connectivity index (χ1n) is 7.82. The Morgan fingerprint density at radius 1 is 1.27 bits per heavy atom. The van der Waals surface area contributed by atoms with E-state index in [1.165, 1.54) is 10.6 Å². The first-order chi connectivity index (χ1) is 10.5. The number of amides is 3. The third kappa shape index (κ3) is 2.61. The lowest BCUT2D eigenvalue weighted by Gasteiger charge is -2.27. The van der Waals surface area contributed by atoms with Crippen LogP contribution in [0.4, 0.5) is 4.79 Å². The monoisotopic (exact) mass is 305 g/mol. The molecule has 3 rings (SSSR count). The Kier molecular flexibility index (Phi) is 3.90. The number of imidazole rings is 1. The largest absolute Gasteiger partial charge is 0.335 e. The molecule has 1 saturated heterocycles. The van der Waals surface area contributed by atoms with Crippen molar-refractivity contribution in [3.63, 3.8) is 0 Å². The number of fused-ring (bicyclic) bond motifs is 1. The summed E-state index contributed by atoms with van der Waals surface area (Å²) >= 11 is 0. The van der Waals surface area contributed by atoms with Gasteiger partial charge in [0.05, 0.1) is 12.2 Å². The second-order valence-corrected chi connectivity index (χ2v) is 6.31. The van der Waals surface area contributed by atoms with Crippen LogP contribution >= 0.6 is 0 Å². The van der Waals surface area contributed by atoms with E-state index in [1.54, 1.807) is 0 Å². The molecule has 0 radical (unpaired) electrons. The molecule has 0 atom stereocenters. The van der Waals surface area contributed by atoms with Gasteiger partial charge < -0.3 is 9.88 Å². The van der Waals surface area contributed by atoms with Gasteiger partial charge in [0, 0.05) is 51.3 Å². The van der Waals surface area contributed by atoms with Crippen LogP contribution in [0.2, 0.25) is 0 Å². The maximum absolute atomic E-state index is 11.6. The molecular weight excluding hydrogens is 282 g/mol. The van der Waals surface area contributed by atoms with E-state index >= 15 is 0 Å². The Morgan fingerprint density at radius 2 is 2.05 bits per heavy atom. The van der Waals surface area contributed by atoms with Crippen LogP contribution in [0.15, 0.2) is 0 Å². The average Bonchev–Trinajstić information content (AvgIpc) is 2.98. The van der Waals surface area contributed by atoms with Gasteiger partial charge in [-0.3, -0.25) is 14.6 Å². The molecule has 3 amide bonds. The van der Waals surface area contributed by atoms with Gasteiger partial charge in [0.2, 0.25) is 5.91 Å². The molecule has 0 unspecified atom stereocenters. The Balaban J connectivity index is 1.63. The highest BCUT2D eigenvalue weighted by molar-refractivity contribution is 6.01. The molecule has 120 valence electrons. The Morgan fingerprint density at radius 3 is 2.68 bits per heavy atom. The maximum Gasteiger partial charge on any atom is 0.324 e. The fourth-order valence-electron chi connectivity index (χ4n) is 3.23. The summed E-state index contributed by atoms with van der Waals surface area (Å²) in [6.45, 7) is 7.32. The summed E-state index contributed by atoms with van der Waals surface area (Å²) in [6, 6.07) is -0.275. The number of urea groups is 1. The summed E-state index contributed by atoms with van der Waals surface area (Å²) in [5.74, 6) is 1.40. The van der Waals surface area contributed by atoms with E-state index < -0.39 is 0 Å². The molecule has 1 fully saturated rings. The molecule has 0 saturated carbocycles. The zero-order valence-corrected chi connectivity index (χ0v) is 13.4. The van der Waals surface area contributed by atoms with E-state index in [9.17, 15) is 9.59 Å². The van der Waals surface area contributed by atoms with Gasteiger partial charge in [0.25, 0.3) is 0 Å². The molecular formula is C15H23N5O2. The van der Waals surface area contributed by atoms with E-state index in [4.69, 9.17) is 4.98 Å². The Labute approximate surface area is 130 Å². The third-order valence-corrected chi connectivity index (χ3v) is 4.46. The summed E-state index contributed by atoms with van der Waals surface area (Å²) in [7, 11) is 2.09. The lowest BCUT2D eigenvalue weighted by molar-refractivity contribution is -0.125. The van der Waals surface area contributed by atoms with Gasteiger partial charge in [-0.05, 0) is 0 Å². The molecule has 2 aliphatic heterocycles. The molecule has 0 spiro atoms. The van der Waals surface area contributed by atoms with Crippen LogP contribution in [0.1, 0.15) is 37.0 Å². The number of hydrogen-bond donors (Lipinski definition) is 1. The molecule has 7 heteroatoms. The van der Waals surface area contributed by atoms with E-state index in [2.05, 4.69) is 35.7 Å². The summed E-state index contributed by atoms with van der Waals surface area (Å²) < 4.78 is 2.22. The van der Waals surface area contributed by atoms with Crippen molar-refractivity contribution in [2.24, 2.45) is 7.05 Å². The molecule has 1 N–H and O–H groups in total. The number of carbonyl (C=O) groups is 2. The van der Waals surface area contributed by atoms with Gasteiger partial charge in [0.1, 0.15) is 5.82 Å². The van der Waals surface area contributed by atoms with Crippen LogP contribution in [0.25, 0.3) is 0 Å². The van der Waals surface area contributed by atoms with Crippen molar-refractivity contribution in [1.29, 1.82) is 0 Å². The van der Waals surface area contributed by atoms with Crippen molar-refractivity contribution in [2.45, 2.75) is 32.7 Å². The van der Waals surface area contributed by atoms with Crippen LogP contribution in [0, 0.1) is 0 Å². The van der Waals surface area contributed by atoms with Gasteiger partial charge in [0.15, 0.2) is 0 Å². The van der Waals surface area contributed by atoms with Crippen LogP contribution in [-0.2, 0) is 24.8 Å². The van der Waals surface area contributed by atoms with Gasteiger partial charge in [-0.25, -0.2) is 9.78 Å². The summed E-state index contributed by atoms with van der Waals surface area (Å²) in [5, 5.41) is 2.55. The predicted octanol–water partition coefficient (Wildman–Crippen LogP) is 0.453. The third-order valence-electron chi connectivity index (χ3n) is 4.46. The first-order valence-corrected chi connectivity index (χ1v) is 7.82. The molecule has 0 bridgehead atoms. The van der Waals surface area contributed by atoms with Crippen molar-refractivity contribution >= 4 is 11.9 Å². The molecule has 0 aliphatic carbocycles. The summed E-state index contributed by atoms with van der Waals surface area (Å²) in [6.07, 6.45) is 0.964. The Bertz CT molecular complexity index is 591. The molecule has 2 aliphatic rings. The minimum Gasteiger partial charge on any atom is -0.335 e. The number of nitrogens with zero attached hydrogens (tertiary/aromatic N) is 4. The van der Waals surface area contributed by atoms with Crippen LogP contribution in [0.3, 0.4) is 0 Å². The van der Waals surface area contributed by atoms with Crippen molar-refractivity contribution in [3.8, 4) is 0 Å². The first kappa shape index (κ1) is 15.0. The summed E-state index contributed by atoms with van der Waals surface area (Å²) in [5.41, 5.74) is 2.45. The van der Waals surface area contributed by atoms with Crippen molar-refractivity contribution in [1.82, 2.24) is 24.7 Å². The number of nitrogens with one attached hydrogen (secondary N) is 1. The van der Waals surface area contributed by atoms with E-state index in [1.807, 2.05) is 0 Å². The second-order valence-electron chi connectivity index (χ2n) is 6.31. The van der Waals surface area contributed by atoms with Crippen molar-refractivity contribution in [2.75, 3.05) is 26.2 Å². The van der Waals surface area contributed by atoms with Gasteiger partial charge in [-0.2, -0.15) is 0 Å². The number of aromatic nitrogens is 2. The zero-order valence-electron chi connectivity index (χ0n) is 13.4. The zero-order chi connectivity index (χ0) is 15.9. The van der Waals surface area contributed by atoms with E-state index in [-0.39, 0.29) is 18.5 Å². The van der Waals surface area contributed by atoms with Gasteiger partial charge in [-0.15, -0.1) is 0 Å². The molecule has 1 aromatic rings. The summed E-state index contributed by atoms with van der Waals surface area (Å²) in [4.78, 5) is 31.5. The number of hydrogen-bond acceptors (Lipinski definition) is 4. The highest BCUT2D eigenvalue weighted by Crippen LogP contribution is 2.23. The fraction of sp³-hybridized carbons (Fsp3) is 0.667. The number of imide groups is 1. The van der Waals surface area contributed by atoms with Gasteiger partial charge in [-0.1, -0.05) is 13.8 Å². The van der Waals surface area contributed by atoms with E-state index in [0.717, 1.165) is 31.0 Å². The Hall–Kier alpha value is -1.89. The number of carbonyl (C=O) groups excluding carboxylic acids is 2. The highest BCUT2D eigenvalue weighted by atomic mass is 16.2. The van der Waals surface area contributed by atoms with E-state index in [0.29, 0.717) is 19.0 Å². The molecule has 22 heavy (non-hydrogen) atoms. The second kappa shape index (κ2) is 5.72. The highest BCUT2D eigenvalue weighted by Gasteiger charge is 2.29. The molecule has 7 nitrogen and oxygen atoms in total. The van der Waals surface area contributed by atoms with Crippen LogP contribution in [0.5, 0.6) is 0 Å². The lowest BCUT2D eigenvalue weighted by atomic mass is 10.1. The minimum absolute atomic E-state index is 0.126. The number of rotatable bonds is 4. The van der Waals surface area contributed by atoms with Crippen molar-refractivity contribution in [3.05, 3.63) is 17.2 Å². The van der Waals surface area contributed by atoms with Gasteiger partial charge >= 0.3 is 6.03 Å². The average molecular weight is 305 g/mol.